The Hall–Kier alpha value is -2.90. The Kier molecular flexibility index (Phi) is 3.48. The van der Waals surface area contributed by atoms with E-state index in [1.807, 2.05) is 0 Å². The molecule has 1 fully saturated rings. The van der Waals surface area contributed by atoms with Gasteiger partial charge >= 0.3 is 0 Å². The van der Waals surface area contributed by atoms with E-state index in [1.165, 1.54) is 12.1 Å². The summed E-state index contributed by atoms with van der Waals surface area (Å²) in [5.41, 5.74) is 1.28. The molecule has 2 aliphatic rings. The van der Waals surface area contributed by atoms with Crippen LogP contribution in [-0.2, 0) is 4.79 Å². The second kappa shape index (κ2) is 5.58. The van der Waals surface area contributed by atoms with Crippen molar-refractivity contribution in [2.45, 2.75) is 12.5 Å². The molecule has 8 heteroatoms. The van der Waals surface area contributed by atoms with Gasteiger partial charge in [-0.2, -0.15) is 0 Å². The molecule has 1 unspecified atom stereocenters. The van der Waals surface area contributed by atoms with Crippen LogP contribution in [0, 0.1) is 5.82 Å². The fourth-order valence-corrected chi connectivity index (χ4v) is 3.59. The van der Waals surface area contributed by atoms with Gasteiger partial charge in [0, 0.05) is 31.7 Å². The molecule has 7 nitrogen and oxygen atoms in total. The van der Waals surface area contributed by atoms with Gasteiger partial charge in [-0.25, -0.2) is 4.39 Å². The second-order valence-corrected chi connectivity index (χ2v) is 6.68. The van der Waals surface area contributed by atoms with Crippen molar-refractivity contribution < 1.29 is 14.3 Å². The van der Waals surface area contributed by atoms with E-state index in [1.54, 1.807) is 17.0 Å². The number of hydrogen-bond donors (Lipinski definition) is 2. The molecular weight excluding hydrogens is 325 g/mol. The first-order chi connectivity index (χ1) is 12.0. The highest BCUT2D eigenvalue weighted by molar-refractivity contribution is 5.77. The number of fused-ring (bicyclic) bond motifs is 3. The van der Waals surface area contributed by atoms with Gasteiger partial charge in [-0.1, -0.05) is 6.07 Å². The lowest BCUT2D eigenvalue weighted by molar-refractivity contribution is -0.119. The third-order valence-corrected chi connectivity index (χ3v) is 4.92. The van der Waals surface area contributed by atoms with Gasteiger partial charge in [-0.05, 0) is 25.1 Å². The lowest BCUT2D eigenvalue weighted by Crippen LogP contribution is -2.65. The monoisotopic (exact) mass is 343 g/mol. The Labute approximate surface area is 144 Å². The number of aromatic hydroxyl groups is 1. The average molecular weight is 343 g/mol. The molecule has 1 aromatic carbocycles. The first-order valence-electron chi connectivity index (χ1n) is 8.08. The number of benzene rings is 1. The van der Waals surface area contributed by atoms with E-state index in [9.17, 15) is 14.3 Å². The van der Waals surface area contributed by atoms with Crippen molar-refractivity contribution in [1.82, 2.24) is 15.1 Å². The smallest absolute Gasteiger partial charge is 0.209 e. The summed E-state index contributed by atoms with van der Waals surface area (Å²) < 4.78 is 13.7. The van der Waals surface area contributed by atoms with Crippen molar-refractivity contribution in [2.75, 3.05) is 36.4 Å². The number of para-hydroxylation sites is 1. The standard InChI is InChI=1S/C17H18FN5O2/c1-17-8-19-16-14(23(17)6-5-22(9-17)10-24)7-13(20-21-16)11-3-2-4-12(18)15(11)25/h2-4,7,10,25H,5-6,8-9H2,1H3,(H,19,21). The minimum atomic E-state index is -0.695. The fraction of sp³-hybridized carbons (Fsp3) is 0.353. The second-order valence-electron chi connectivity index (χ2n) is 6.68. The topological polar surface area (TPSA) is 81.6 Å². The molecule has 0 saturated carbocycles. The number of anilines is 2. The number of phenols is 1. The summed E-state index contributed by atoms with van der Waals surface area (Å²) in [4.78, 5) is 15.1. The minimum absolute atomic E-state index is 0.267. The number of aromatic nitrogens is 2. The lowest BCUT2D eigenvalue weighted by atomic mass is 9.93. The maximum absolute atomic E-state index is 13.7. The summed E-state index contributed by atoms with van der Waals surface area (Å²) in [6.07, 6.45) is 0.874. The Morgan fingerprint density at radius 1 is 1.36 bits per heavy atom. The molecule has 0 aliphatic carbocycles. The van der Waals surface area contributed by atoms with Gasteiger partial charge in [0.05, 0.1) is 16.9 Å². The van der Waals surface area contributed by atoms with E-state index >= 15 is 0 Å². The zero-order valence-electron chi connectivity index (χ0n) is 13.7. The Balaban J connectivity index is 1.77. The number of nitrogens with zero attached hydrogens (tertiary/aromatic N) is 4. The summed E-state index contributed by atoms with van der Waals surface area (Å²) >= 11 is 0. The van der Waals surface area contributed by atoms with Crippen LogP contribution in [0.1, 0.15) is 6.92 Å². The number of amides is 1. The Bertz CT molecular complexity index is 846. The van der Waals surface area contributed by atoms with Crippen molar-refractivity contribution in [2.24, 2.45) is 0 Å². The van der Waals surface area contributed by atoms with Crippen LogP contribution in [0.4, 0.5) is 15.9 Å². The molecule has 130 valence electrons. The van der Waals surface area contributed by atoms with Gasteiger partial charge in [0.2, 0.25) is 6.41 Å². The molecular formula is C17H18FN5O2. The first-order valence-corrected chi connectivity index (χ1v) is 8.08. The molecule has 1 amide bonds. The summed E-state index contributed by atoms with van der Waals surface area (Å²) in [6, 6.07) is 6.13. The van der Waals surface area contributed by atoms with E-state index in [2.05, 4.69) is 27.3 Å². The van der Waals surface area contributed by atoms with Crippen LogP contribution in [0.2, 0.25) is 0 Å². The summed E-state index contributed by atoms with van der Waals surface area (Å²) in [7, 11) is 0. The van der Waals surface area contributed by atoms with Gasteiger partial charge in [0.1, 0.15) is 0 Å². The molecule has 1 aromatic heterocycles. The van der Waals surface area contributed by atoms with Crippen LogP contribution in [-0.4, -0.2) is 58.3 Å². The molecule has 3 heterocycles. The number of phenolic OH excluding ortho intramolecular Hbond substituents is 1. The van der Waals surface area contributed by atoms with Crippen LogP contribution in [0.15, 0.2) is 24.3 Å². The number of hydrogen-bond acceptors (Lipinski definition) is 6. The molecule has 0 bridgehead atoms. The van der Waals surface area contributed by atoms with Crippen LogP contribution < -0.4 is 10.2 Å². The number of carbonyl (C=O) groups excluding carboxylic acids is 1. The Morgan fingerprint density at radius 2 is 2.20 bits per heavy atom. The number of carbonyl (C=O) groups is 1. The van der Waals surface area contributed by atoms with Crippen molar-refractivity contribution in [3.63, 3.8) is 0 Å². The maximum Gasteiger partial charge on any atom is 0.209 e. The van der Waals surface area contributed by atoms with E-state index in [0.29, 0.717) is 43.3 Å². The van der Waals surface area contributed by atoms with Crippen molar-refractivity contribution in [3.8, 4) is 17.0 Å². The molecule has 4 rings (SSSR count). The van der Waals surface area contributed by atoms with Crippen LogP contribution in [0.5, 0.6) is 5.75 Å². The van der Waals surface area contributed by atoms with E-state index in [4.69, 9.17) is 0 Å². The van der Waals surface area contributed by atoms with Gasteiger partial charge < -0.3 is 20.2 Å². The summed E-state index contributed by atoms with van der Waals surface area (Å²) in [5, 5.41) is 21.6. The van der Waals surface area contributed by atoms with Gasteiger partial charge in [0.15, 0.2) is 17.4 Å². The summed E-state index contributed by atoms with van der Waals surface area (Å²) in [6.45, 7) is 4.62. The molecule has 1 saturated heterocycles. The van der Waals surface area contributed by atoms with Gasteiger partial charge in [-0.15, -0.1) is 10.2 Å². The van der Waals surface area contributed by atoms with Crippen LogP contribution in [0.25, 0.3) is 11.3 Å². The summed E-state index contributed by atoms with van der Waals surface area (Å²) in [5.74, 6) is -0.481. The molecule has 2 N–H and O–H groups in total. The predicted molar refractivity (Wildman–Crippen MR) is 91.0 cm³/mol. The molecule has 2 aromatic rings. The maximum atomic E-state index is 13.7. The van der Waals surface area contributed by atoms with Crippen molar-refractivity contribution in [3.05, 3.63) is 30.1 Å². The zero-order chi connectivity index (χ0) is 17.6. The van der Waals surface area contributed by atoms with Gasteiger partial charge in [-0.3, -0.25) is 4.79 Å². The third-order valence-electron chi connectivity index (χ3n) is 4.92. The van der Waals surface area contributed by atoms with E-state index < -0.39 is 11.6 Å². The largest absolute Gasteiger partial charge is 0.504 e. The quantitative estimate of drug-likeness (QED) is 0.804. The average Bonchev–Trinajstić information content (AvgIpc) is 2.62. The highest BCUT2D eigenvalue weighted by Gasteiger charge is 2.42. The predicted octanol–water partition coefficient (Wildman–Crippen LogP) is 1.45. The van der Waals surface area contributed by atoms with Crippen molar-refractivity contribution in [1.29, 1.82) is 0 Å². The highest BCUT2D eigenvalue weighted by atomic mass is 19.1. The third kappa shape index (κ3) is 2.45. The molecule has 0 spiro atoms. The van der Waals surface area contributed by atoms with Gasteiger partial charge in [0.25, 0.3) is 0 Å². The van der Waals surface area contributed by atoms with E-state index in [-0.39, 0.29) is 5.54 Å². The SMILES string of the molecule is CC12CNc3nnc(-c4cccc(F)c4O)cc3N1CCN(C=O)C2. The molecule has 1 atom stereocenters. The molecule has 2 aliphatic heterocycles. The number of piperazine rings is 1. The number of halogens is 1. The molecule has 0 radical (unpaired) electrons. The number of nitrogens with one attached hydrogen (secondary N) is 1. The number of rotatable bonds is 2. The zero-order valence-corrected chi connectivity index (χ0v) is 13.7. The normalized spacial score (nSPS) is 22.0. The lowest BCUT2D eigenvalue weighted by Gasteiger charge is -2.52. The first kappa shape index (κ1) is 15.6. The Morgan fingerprint density at radius 3 is 3.00 bits per heavy atom. The minimum Gasteiger partial charge on any atom is -0.504 e. The van der Waals surface area contributed by atoms with E-state index in [0.717, 1.165) is 12.1 Å². The highest BCUT2D eigenvalue weighted by Crippen LogP contribution is 2.39. The van der Waals surface area contributed by atoms with Crippen molar-refractivity contribution >= 4 is 17.9 Å². The van der Waals surface area contributed by atoms with Crippen LogP contribution >= 0.6 is 0 Å². The molecule has 25 heavy (non-hydrogen) atoms. The van der Waals surface area contributed by atoms with Crippen LogP contribution in [0.3, 0.4) is 0 Å². The fourth-order valence-electron chi connectivity index (χ4n) is 3.59.